The number of carboxylic acid groups (broad SMARTS) is 1. The van der Waals surface area contributed by atoms with E-state index in [1.165, 1.54) is 0 Å². The Morgan fingerprint density at radius 1 is 0.850 bits per heavy atom. The van der Waals surface area contributed by atoms with Gasteiger partial charge in [0.15, 0.2) is 5.96 Å². The van der Waals surface area contributed by atoms with E-state index in [1.54, 1.807) is 42.5 Å². The van der Waals surface area contributed by atoms with Crippen molar-refractivity contribution in [2.24, 2.45) is 16.5 Å². The van der Waals surface area contributed by atoms with Crippen molar-refractivity contribution < 1.29 is 24.2 Å². The highest BCUT2D eigenvalue weighted by atomic mass is 16.5. The van der Waals surface area contributed by atoms with Crippen LogP contribution in [0, 0.1) is 0 Å². The Hall–Kier alpha value is -5.44. The van der Waals surface area contributed by atoms with Crippen molar-refractivity contribution in [2.75, 3.05) is 0 Å². The van der Waals surface area contributed by atoms with Crippen molar-refractivity contribution in [1.29, 1.82) is 0 Å². The Labute approximate surface area is 231 Å². The first-order valence-corrected chi connectivity index (χ1v) is 12.4. The third kappa shape index (κ3) is 7.55. The first-order valence-electron chi connectivity index (χ1n) is 12.4. The molecule has 0 radical (unpaired) electrons. The number of nitrogens with two attached hydrogens (primary N) is 2. The Morgan fingerprint density at radius 2 is 1.50 bits per heavy atom. The van der Waals surface area contributed by atoms with Crippen LogP contribution in [-0.2, 0) is 22.4 Å². The quantitative estimate of drug-likeness (QED) is 0.104. The number of carbonyl (C=O) groups excluding carboxylic acids is 2. The highest BCUT2D eigenvalue weighted by Crippen LogP contribution is 2.29. The third-order valence-electron chi connectivity index (χ3n) is 6.00. The lowest BCUT2D eigenvalue weighted by molar-refractivity contribution is -0.141. The molecule has 0 aromatic heterocycles. The van der Waals surface area contributed by atoms with Crippen LogP contribution in [-0.4, -0.2) is 35.0 Å². The van der Waals surface area contributed by atoms with Gasteiger partial charge in [-0.05, 0) is 58.7 Å². The van der Waals surface area contributed by atoms with Crippen LogP contribution in [0.25, 0.3) is 11.1 Å². The maximum atomic E-state index is 13.0. The topological polar surface area (TPSA) is 157 Å². The normalized spacial score (nSPS) is 11.2. The number of rotatable bonds is 10. The van der Waals surface area contributed by atoms with Gasteiger partial charge in [0.25, 0.3) is 0 Å². The smallest absolute Gasteiger partial charge is 0.343 e. The largest absolute Gasteiger partial charge is 0.480 e. The van der Waals surface area contributed by atoms with Gasteiger partial charge in [-0.1, -0.05) is 66.7 Å². The van der Waals surface area contributed by atoms with Crippen LogP contribution >= 0.6 is 0 Å². The van der Waals surface area contributed by atoms with E-state index in [2.05, 4.69) is 10.3 Å². The fourth-order valence-corrected chi connectivity index (χ4v) is 4.11. The zero-order valence-corrected chi connectivity index (χ0v) is 21.5. The molecule has 9 heteroatoms. The molecule has 0 spiro atoms. The van der Waals surface area contributed by atoms with E-state index in [0.29, 0.717) is 22.4 Å². The number of esters is 1. The molecule has 1 atom stereocenters. The molecule has 4 aromatic rings. The molecule has 0 aliphatic rings. The number of guanidine groups is 1. The van der Waals surface area contributed by atoms with E-state index in [9.17, 15) is 19.5 Å². The Bertz CT molecular complexity index is 1520. The van der Waals surface area contributed by atoms with Crippen LogP contribution in [0.15, 0.2) is 108 Å². The first-order chi connectivity index (χ1) is 19.3. The Balaban J connectivity index is 1.53. The number of hydrogen-bond donors (Lipinski definition) is 4. The lowest BCUT2D eigenvalue weighted by Gasteiger charge is -2.16. The van der Waals surface area contributed by atoms with Crippen LogP contribution in [0.1, 0.15) is 21.5 Å². The van der Waals surface area contributed by atoms with Gasteiger partial charge in [0.05, 0.1) is 17.7 Å². The van der Waals surface area contributed by atoms with Crippen molar-refractivity contribution >= 4 is 29.5 Å². The number of ether oxygens (including phenoxy) is 1. The molecule has 0 fully saturated rings. The van der Waals surface area contributed by atoms with E-state index in [-0.39, 0.29) is 24.6 Å². The number of nitrogens with one attached hydrogen (secondary N) is 1. The molecule has 0 bridgehead atoms. The molecule has 0 saturated carbocycles. The van der Waals surface area contributed by atoms with Crippen LogP contribution in [0.2, 0.25) is 0 Å². The van der Waals surface area contributed by atoms with Crippen molar-refractivity contribution in [2.45, 2.75) is 18.9 Å². The summed E-state index contributed by atoms with van der Waals surface area (Å²) in [5.74, 6) is -1.94. The summed E-state index contributed by atoms with van der Waals surface area (Å²) in [5, 5.41) is 12.3. The molecule has 1 amide bonds. The Morgan fingerprint density at radius 3 is 2.12 bits per heavy atom. The van der Waals surface area contributed by atoms with Crippen molar-refractivity contribution in [3.63, 3.8) is 0 Å². The molecule has 0 aliphatic heterocycles. The summed E-state index contributed by atoms with van der Waals surface area (Å²) in [6, 6.07) is 28.6. The number of nitrogens with zero attached hydrogens (tertiary/aromatic N) is 1. The fourth-order valence-electron chi connectivity index (χ4n) is 4.11. The second-order valence-corrected chi connectivity index (χ2v) is 8.98. The summed E-state index contributed by atoms with van der Waals surface area (Å²) in [7, 11) is 0. The fraction of sp³-hybridized carbons (Fsp3) is 0.0968. The highest BCUT2D eigenvalue weighted by molar-refractivity contribution is 5.92. The van der Waals surface area contributed by atoms with Crippen LogP contribution in [0.3, 0.4) is 0 Å². The van der Waals surface area contributed by atoms with Crippen LogP contribution in [0.5, 0.6) is 5.75 Å². The molecule has 0 heterocycles. The van der Waals surface area contributed by atoms with E-state index in [1.807, 2.05) is 60.7 Å². The molecule has 40 heavy (non-hydrogen) atoms. The molecule has 202 valence electrons. The lowest BCUT2D eigenvalue weighted by atomic mass is 9.96. The predicted octanol–water partition coefficient (Wildman–Crippen LogP) is 3.83. The van der Waals surface area contributed by atoms with Crippen molar-refractivity contribution in [1.82, 2.24) is 5.32 Å². The SMILES string of the molecule is NC(N)=Nc1ccc(C(=O)Oc2ccc(CC(=O)N[C@@H](Cc3ccccc3)C(=O)O)c(-c3ccccc3)c2)cc1. The number of carbonyl (C=O) groups is 3. The summed E-state index contributed by atoms with van der Waals surface area (Å²) in [6.45, 7) is 0. The maximum absolute atomic E-state index is 13.0. The standard InChI is InChI=1S/C31H28N4O5/c32-31(33)34-24-14-11-22(12-15-24)30(39)40-25-16-13-23(26(19-25)21-9-5-2-6-10-21)18-28(36)35-27(29(37)38)17-20-7-3-1-4-8-20/h1-16,19,27H,17-18H2,(H,35,36)(H,37,38)(H4,32,33,34)/t27-/m0/s1. The zero-order valence-electron chi connectivity index (χ0n) is 21.5. The van der Waals surface area contributed by atoms with Crippen LogP contribution in [0.4, 0.5) is 5.69 Å². The van der Waals surface area contributed by atoms with Gasteiger partial charge in [-0.2, -0.15) is 0 Å². The number of aliphatic imine (C=N–C) groups is 1. The molecule has 0 unspecified atom stereocenters. The number of amides is 1. The summed E-state index contributed by atoms with van der Waals surface area (Å²) >= 11 is 0. The number of benzene rings is 4. The minimum atomic E-state index is -1.12. The molecule has 6 N–H and O–H groups in total. The molecular formula is C31H28N4O5. The molecule has 4 rings (SSSR count). The van der Waals surface area contributed by atoms with Gasteiger partial charge in [0, 0.05) is 6.42 Å². The minimum absolute atomic E-state index is 0.0662. The number of carboxylic acids is 1. The van der Waals surface area contributed by atoms with Crippen LogP contribution < -0.4 is 21.5 Å². The molecule has 9 nitrogen and oxygen atoms in total. The zero-order chi connectivity index (χ0) is 28.5. The average Bonchev–Trinajstić information content (AvgIpc) is 2.94. The van der Waals surface area contributed by atoms with Gasteiger partial charge in [0.1, 0.15) is 11.8 Å². The number of hydrogen-bond acceptors (Lipinski definition) is 5. The monoisotopic (exact) mass is 536 g/mol. The van der Waals surface area contributed by atoms with E-state index >= 15 is 0 Å². The average molecular weight is 537 g/mol. The van der Waals surface area contributed by atoms with Gasteiger partial charge in [-0.25, -0.2) is 14.6 Å². The second kappa shape index (κ2) is 12.9. The molecule has 0 saturated heterocycles. The van der Waals surface area contributed by atoms with Gasteiger partial charge in [-0.3, -0.25) is 4.79 Å². The molecule has 4 aromatic carbocycles. The lowest BCUT2D eigenvalue weighted by Crippen LogP contribution is -2.43. The summed E-state index contributed by atoms with van der Waals surface area (Å²) in [5.41, 5.74) is 14.5. The van der Waals surface area contributed by atoms with Gasteiger partial charge in [0.2, 0.25) is 5.91 Å². The van der Waals surface area contributed by atoms with E-state index in [4.69, 9.17) is 16.2 Å². The van der Waals surface area contributed by atoms with E-state index in [0.717, 1.165) is 11.1 Å². The van der Waals surface area contributed by atoms with Gasteiger partial charge in [-0.15, -0.1) is 0 Å². The van der Waals surface area contributed by atoms with Gasteiger partial charge < -0.3 is 26.6 Å². The van der Waals surface area contributed by atoms with E-state index < -0.39 is 23.9 Å². The molecular weight excluding hydrogens is 508 g/mol. The minimum Gasteiger partial charge on any atom is -0.480 e. The number of aliphatic carboxylic acids is 1. The summed E-state index contributed by atoms with van der Waals surface area (Å²) < 4.78 is 5.60. The predicted molar refractivity (Wildman–Crippen MR) is 152 cm³/mol. The first kappa shape index (κ1) is 27.6. The maximum Gasteiger partial charge on any atom is 0.343 e. The van der Waals surface area contributed by atoms with Crippen molar-refractivity contribution in [3.05, 3.63) is 120 Å². The third-order valence-corrected chi connectivity index (χ3v) is 6.00. The highest BCUT2D eigenvalue weighted by Gasteiger charge is 2.21. The van der Waals surface area contributed by atoms with Gasteiger partial charge >= 0.3 is 11.9 Å². The Kier molecular flexibility index (Phi) is 8.88. The summed E-state index contributed by atoms with van der Waals surface area (Å²) in [6.07, 6.45) is 0.0958. The summed E-state index contributed by atoms with van der Waals surface area (Å²) in [4.78, 5) is 41.5. The second-order valence-electron chi connectivity index (χ2n) is 8.98. The van der Waals surface area contributed by atoms with Crippen molar-refractivity contribution in [3.8, 4) is 16.9 Å². The molecule has 0 aliphatic carbocycles.